The molecule has 0 aliphatic carbocycles. The van der Waals surface area contributed by atoms with E-state index in [1.807, 2.05) is 0 Å². The first-order chi connectivity index (χ1) is 13.4. The lowest BCUT2D eigenvalue weighted by Gasteiger charge is -2.32. The summed E-state index contributed by atoms with van der Waals surface area (Å²) in [6, 6.07) is 8.40. The molecule has 1 aromatic carbocycles. The van der Waals surface area contributed by atoms with Crippen molar-refractivity contribution in [3.63, 3.8) is 0 Å². The molecule has 0 radical (unpaired) electrons. The van der Waals surface area contributed by atoms with Crippen molar-refractivity contribution in [2.24, 2.45) is 5.73 Å². The third-order valence-corrected chi connectivity index (χ3v) is 5.01. The number of carbonyl (C=O) groups is 1. The Kier molecular flexibility index (Phi) is 4.69. The van der Waals surface area contributed by atoms with Gasteiger partial charge in [0.05, 0.1) is 28.4 Å². The molecule has 0 spiro atoms. The second-order valence-corrected chi connectivity index (χ2v) is 6.97. The molecule has 28 heavy (non-hydrogen) atoms. The summed E-state index contributed by atoms with van der Waals surface area (Å²) in [5, 5.41) is 5.00. The Balaban J connectivity index is 1.72. The van der Waals surface area contributed by atoms with Crippen molar-refractivity contribution >= 4 is 40.6 Å². The summed E-state index contributed by atoms with van der Waals surface area (Å²) in [6.45, 7) is 0.250. The zero-order chi connectivity index (χ0) is 19.8. The summed E-state index contributed by atoms with van der Waals surface area (Å²) in [5.74, 6) is 6.07. The van der Waals surface area contributed by atoms with E-state index in [4.69, 9.17) is 34.7 Å². The number of fused-ring (bicyclic) bond motifs is 1. The van der Waals surface area contributed by atoms with Gasteiger partial charge >= 0.3 is 0 Å². The third-order valence-electron chi connectivity index (χ3n) is 4.27. The van der Waals surface area contributed by atoms with Gasteiger partial charge in [0, 0.05) is 17.4 Å². The molecule has 1 amide bonds. The molecule has 2 aromatic heterocycles. The minimum atomic E-state index is -0.518. The van der Waals surface area contributed by atoms with Gasteiger partial charge in [-0.1, -0.05) is 35.0 Å². The molecular weight excluding hydrogens is 399 g/mol. The van der Waals surface area contributed by atoms with Gasteiger partial charge in [-0.2, -0.15) is 5.10 Å². The van der Waals surface area contributed by atoms with Crippen LogP contribution in [0.25, 0.3) is 0 Å². The largest absolute Gasteiger partial charge is 0.384 e. The van der Waals surface area contributed by atoms with Gasteiger partial charge in [0.15, 0.2) is 0 Å². The molecule has 9 heteroatoms. The highest BCUT2D eigenvalue weighted by atomic mass is 35.5. The zero-order valence-corrected chi connectivity index (χ0v) is 15.9. The number of carbonyl (C=O) groups excluding carboxylic acids is 1. The van der Waals surface area contributed by atoms with Crippen LogP contribution in [0.2, 0.25) is 10.0 Å². The Morgan fingerprint density at radius 2 is 1.93 bits per heavy atom. The van der Waals surface area contributed by atoms with Gasteiger partial charge in [0.25, 0.3) is 5.91 Å². The monoisotopic (exact) mass is 412 g/mol. The van der Waals surface area contributed by atoms with Gasteiger partial charge in [-0.15, -0.1) is 0 Å². The van der Waals surface area contributed by atoms with Crippen LogP contribution in [-0.4, -0.2) is 27.2 Å². The van der Waals surface area contributed by atoms with E-state index in [-0.39, 0.29) is 12.5 Å². The Hall–Kier alpha value is -3.05. The maximum absolute atomic E-state index is 13.1. The normalized spacial score (nSPS) is 15.8. The van der Waals surface area contributed by atoms with E-state index in [1.165, 1.54) is 10.9 Å². The molecule has 4 N–H and O–H groups in total. The highest BCUT2D eigenvalue weighted by Gasteiger charge is 2.33. The van der Waals surface area contributed by atoms with Gasteiger partial charge in [0.1, 0.15) is 17.7 Å². The van der Waals surface area contributed by atoms with Gasteiger partial charge < -0.3 is 16.4 Å². The van der Waals surface area contributed by atoms with Crippen LogP contribution in [0.15, 0.2) is 42.7 Å². The van der Waals surface area contributed by atoms with Crippen LogP contribution in [0.1, 0.15) is 27.8 Å². The molecular formula is C19H14Cl2N6O. The number of nitrogen functional groups attached to an aromatic ring is 1. The first kappa shape index (κ1) is 18.3. The van der Waals surface area contributed by atoms with Crippen LogP contribution in [0.4, 0.5) is 11.5 Å². The molecule has 140 valence electrons. The van der Waals surface area contributed by atoms with Crippen molar-refractivity contribution in [2.45, 2.75) is 6.17 Å². The van der Waals surface area contributed by atoms with Gasteiger partial charge in [-0.05, 0) is 30.3 Å². The van der Waals surface area contributed by atoms with Crippen LogP contribution >= 0.6 is 23.2 Å². The van der Waals surface area contributed by atoms with Crippen molar-refractivity contribution in [3.8, 4) is 11.8 Å². The van der Waals surface area contributed by atoms with Crippen molar-refractivity contribution < 1.29 is 4.79 Å². The lowest BCUT2D eigenvalue weighted by Crippen LogP contribution is -2.46. The van der Waals surface area contributed by atoms with E-state index in [2.05, 4.69) is 21.9 Å². The second-order valence-electron chi connectivity index (χ2n) is 6.15. The fraction of sp³-hybridized carbons (Fsp3) is 0.105. The van der Waals surface area contributed by atoms with E-state index in [9.17, 15) is 4.79 Å². The second kappa shape index (κ2) is 7.17. The number of benzene rings is 1. The molecule has 0 saturated carbocycles. The van der Waals surface area contributed by atoms with E-state index in [1.54, 1.807) is 41.4 Å². The minimum Gasteiger partial charge on any atom is -0.384 e. The number of nitrogens with two attached hydrogens (primary N) is 2. The number of hydrogen-bond donors (Lipinski definition) is 2. The lowest BCUT2D eigenvalue weighted by molar-refractivity contribution is 0.0951. The first-order valence-electron chi connectivity index (χ1n) is 8.27. The Morgan fingerprint density at radius 3 is 2.64 bits per heavy atom. The topological polar surface area (TPSA) is 103 Å². The molecule has 0 bridgehead atoms. The minimum absolute atomic E-state index is 0.250. The van der Waals surface area contributed by atoms with Gasteiger partial charge in [-0.3, -0.25) is 4.79 Å². The average Bonchev–Trinajstić information content (AvgIpc) is 3.11. The number of amides is 1. The quantitative estimate of drug-likeness (QED) is 0.598. The smallest absolute Gasteiger partial charge is 0.278 e. The van der Waals surface area contributed by atoms with Crippen molar-refractivity contribution in [3.05, 3.63) is 69.6 Å². The number of nitrogens with zero attached hydrogens (tertiary/aromatic N) is 4. The van der Waals surface area contributed by atoms with Crippen LogP contribution in [0, 0.1) is 11.8 Å². The number of anilines is 2. The van der Waals surface area contributed by atoms with Crippen molar-refractivity contribution in [1.82, 2.24) is 14.8 Å². The maximum atomic E-state index is 13.1. The molecule has 1 aliphatic rings. The summed E-state index contributed by atoms with van der Waals surface area (Å²) in [7, 11) is 0. The number of aromatic nitrogens is 3. The Morgan fingerprint density at radius 1 is 1.11 bits per heavy atom. The van der Waals surface area contributed by atoms with Crippen molar-refractivity contribution in [2.75, 3.05) is 17.2 Å². The first-order valence-corrected chi connectivity index (χ1v) is 9.03. The van der Waals surface area contributed by atoms with E-state index in [0.29, 0.717) is 38.4 Å². The Bertz CT molecular complexity index is 1130. The molecule has 4 rings (SSSR count). The zero-order valence-electron chi connectivity index (χ0n) is 14.4. The molecule has 1 aliphatic heterocycles. The SMILES string of the molecule is Nc1ccc(C#Cc2cnn3c2C(=O)N(c2ccc(Cl)c(Cl)c2)CC3N)cn1. The predicted octanol–water partition coefficient (Wildman–Crippen LogP) is 2.68. The summed E-state index contributed by atoms with van der Waals surface area (Å²) in [6.07, 6.45) is 2.58. The number of rotatable bonds is 1. The average molecular weight is 413 g/mol. The highest BCUT2D eigenvalue weighted by Crippen LogP contribution is 2.31. The molecule has 1 atom stereocenters. The lowest BCUT2D eigenvalue weighted by atomic mass is 10.1. The number of pyridine rings is 1. The molecule has 3 heterocycles. The summed E-state index contributed by atoms with van der Waals surface area (Å²) in [4.78, 5) is 18.7. The molecule has 3 aromatic rings. The van der Waals surface area contributed by atoms with Crippen LogP contribution in [0.5, 0.6) is 0 Å². The summed E-state index contributed by atoms with van der Waals surface area (Å²) < 4.78 is 1.49. The maximum Gasteiger partial charge on any atom is 0.278 e. The van der Waals surface area contributed by atoms with Gasteiger partial charge in [-0.25, -0.2) is 9.67 Å². The van der Waals surface area contributed by atoms with Crippen LogP contribution < -0.4 is 16.4 Å². The van der Waals surface area contributed by atoms with Crippen molar-refractivity contribution in [1.29, 1.82) is 0 Å². The fourth-order valence-electron chi connectivity index (χ4n) is 2.89. The summed E-state index contributed by atoms with van der Waals surface area (Å²) in [5.41, 5.74) is 13.9. The van der Waals surface area contributed by atoms with E-state index < -0.39 is 6.17 Å². The predicted molar refractivity (Wildman–Crippen MR) is 108 cm³/mol. The van der Waals surface area contributed by atoms with Crippen LogP contribution in [0.3, 0.4) is 0 Å². The standard InChI is InChI=1S/C19H14Cl2N6O/c20-14-5-4-13(7-15(14)21)26-10-17(23)27-18(19(26)28)12(9-25-27)3-1-11-2-6-16(22)24-8-11/h2,4-9,17H,10,23H2,(H2,22,24). The summed E-state index contributed by atoms with van der Waals surface area (Å²) >= 11 is 12.1. The van der Waals surface area contributed by atoms with E-state index >= 15 is 0 Å². The molecule has 0 fully saturated rings. The third kappa shape index (κ3) is 3.29. The molecule has 1 unspecified atom stereocenters. The van der Waals surface area contributed by atoms with Crippen LogP contribution in [-0.2, 0) is 0 Å². The molecule has 7 nitrogen and oxygen atoms in total. The Labute approximate surface area is 170 Å². The number of halogens is 2. The highest BCUT2D eigenvalue weighted by molar-refractivity contribution is 6.42. The van der Waals surface area contributed by atoms with E-state index in [0.717, 1.165) is 0 Å². The number of hydrogen-bond acceptors (Lipinski definition) is 5. The molecule has 0 saturated heterocycles. The fourth-order valence-corrected chi connectivity index (χ4v) is 3.18. The van der Waals surface area contributed by atoms with Gasteiger partial charge in [0.2, 0.25) is 0 Å².